The van der Waals surface area contributed by atoms with Gasteiger partial charge in [0.25, 0.3) is 0 Å². The average Bonchev–Trinajstić information content (AvgIpc) is 1.75. The van der Waals surface area contributed by atoms with Crippen molar-refractivity contribution in [2.45, 2.75) is 154 Å². The minimum Gasteiger partial charge on any atom is -1.00 e. The summed E-state index contributed by atoms with van der Waals surface area (Å²) < 4.78 is 57.0. The smallest absolute Gasteiger partial charge is 0.336 e. The number of amides is 3. The van der Waals surface area contributed by atoms with Gasteiger partial charge in [0, 0.05) is 125 Å². The van der Waals surface area contributed by atoms with Crippen LogP contribution in [0.15, 0.2) is 324 Å². The fourth-order valence-electron chi connectivity index (χ4n) is 14.9. The van der Waals surface area contributed by atoms with Crippen LogP contribution in [0.25, 0.3) is 65.8 Å². The van der Waals surface area contributed by atoms with Crippen LogP contribution >= 0.6 is 0 Å². The van der Waals surface area contributed by atoms with E-state index in [1.807, 2.05) is 162 Å². The van der Waals surface area contributed by atoms with Gasteiger partial charge < -0.3 is 108 Å². The van der Waals surface area contributed by atoms with E-state index in [2.05, 4.69) is 108 Å². The van der Waals surface area contributed by atoms with Crippen molar-refractivity contribution >= 4 is 101 Å². The first kappa shape index (κ1) is 94.9. The lowest BCUT2D eigenvalue weighted by Crippen LogP contribution is -3.00. The zero-order valence-corrected chi connectivity index (χ0v) is 76.0. The van der Waals surface area contributed by atoms with E-state index in [1.54, 1.807) is 49.1 Å². The molecule has 123 heavy (non-hydrogen) atoms. The second kappa shape index (κ2) is 44.7. The zero-order valence-electron chi connectivity index (χ0n) is 71.2. The molecular weight excluding hydrogens is 1750 g/mol. The number of hydrogen-bond donors (Lipinski definition) is 3. The molecule has 642 valence electrons. The minimum absolute atomic E-state index is 0. The van der Waals surface area contributed by atoms with Crippen LogP contribution in [-0.2, 0) is 34.0 Å². The van der Waals surface area contributed by atoms with Crippen molar-refractivity contribution in [3.05, 3.63) is 314 Å². The van der Waals surface area contributed by atoms with Crippen molar-refractivity contribution in [1.29, 1.82) is 0 Å². The molecule has 2 aliphatic rings. The summed E-state index contributed by atoms with van der Waals surface area (Å²) in [6, 6.07) is 31.8. The first-order valence-electron chi connectivity index (χ1n) is 40.7. The van der Waals surface area contributed by atoms with Crippen molar-refractivity contribution in [2.24, 2.45) is 10.8 Å². The van der Waals surface area contributed by atoms with Gasteiger partial charge in [-0.25, -0.2) is 28.1 Å². The maximum atomic E-state index is 12.6. The van der Waals surface area contributed by atoms with Gasteiger partial charge in [-0.1, -0.05) is 111 Å². The van der Waals surface area contributed by atoms with E-state index in [9.17, 15) is 28.8 Å². The molecule has 3 amide bonds. The van der Waals surface area contributed by atoms with E-state index in [0.717, 1.165) is 73.3 Å². The molecule has 12 aromatic rings. The molecule has 0 radical (unpaired) electrons. The molecule has 14 rings (SSSR count). The van der Waals surface area contributed by atoms with Crippen molar-refractivity contribution < 1.29 is 120 Å². The first-order valence-corrected chi connectivity index (χ1v) is 40.7. The van der Waals surface area contributed by atoms with E-state index in [4.69, 9.17) is 40.7 Å². The van der Waals surface area contributed by atoms with Gasteiger partial charge in [0.05, 0.1) is 55.7 Å². The van der Waals surface area contributed by atoms with Gasteiger partial charge >= 0.3 is 16.9 Å². The SMILES string of the molecule is CC(=O)Nc1cc[n+](CCCOc2c3occc3cc3ccc(=O)oc23)cc1.CC1=C(/C=C/C(C)=C/C=C/C(C)=C/C(=O)Nc2cc[n+](CCCOc3c4occc4cc4ccc(=O)oc34)cc2)C(C)(C)CCC1.CC1=C(/C=C/C(C)=C/C=C\C(C)=C/C(=O)Nc2cc[n+](CCCOc3c4occc4cc4ccc(=O)oc34)cc2)C(C)(C)CCC1.[Br-].[Br-].[Br-]. The molecule has 2 aliphatic carbocycles. The molecule has 9 heterocycles. The van der Waals surface area contributed by atoms with Crippen LogP contribution in [0.2, 0.25) is 0 Å². The Morgan fingerprint density at radius 1 is 0.407 bits per heavy atom. The highest BCUT2D eigenvalue weighted by molar-refractivity contribution is 6.03. The van der Waals surface area contributed by atoms with Gasteiger partial charge in [0.1, 0.15) is 0 Å². The number of halogens is 3. The third-order valence-corrected chi connectivity index (χ3v) is 21.1. The largest absolute Gasteiger partial charge is 1.00 e. The lowest BCUT2D eigenvalue weighted by Gasteiger charge is -2.33. The predicted molar refractivity (Wildman–Crippen MR) is 471 cm³/mol. The molecule has 0 saturated heterocycles. The van der Waals surface area contributed by atoms with Crippen LogP contribution in [0, 0.1) is 10.8 Å². The Balaban J connectivity index is 0.000000213. The van der Waals surface area contributed by atoms with Crippen molar-refractivity contribution in [3.8, 4) is 17.2 Å². The summed E-state index contributed by atoms with van der Waals surface area (Å²) >= 11 is 0. The number of furan rings is 3. The van der Waals surface area contributed by atoms with Gasteiger partial charge in [0.15, 0.2) is 90.3 Å². The van der Waals surface area contributed by atoms with Gasteiger partial charge in [-0.2, -0.15) is 0 Å². The van der Waals surface area contributed by atoms with Crippen molar-refractivity contribution in [3.63, 3.8) is 0 Å². The summed E-state index contributed by atoms with van der Waals surface area (Å²) in [6.45, 7) is 26.7. The zero-order chi connectivity index (χ0) is 84.9. The molecule has 3 aromatic carbocycles. The lowest BCUT2D eigenvalue weighted by molar-refractivity contribution is -0.697. The monoisotopic (exact) mass is 1850 g/mol. The summed E-state index contributed by atoms with van der Waals surface area (Å²) in [7, 11) is 0. The van der Waals surface area contributed by atoms with E-state index in [0.29, 0.717) is 108 Å². The summed E-state index contributed by atoms with van der Waals surface area (Å²) in [4.78, 5) is 71.5. The number of anilines is 3. The normalized spacial score (nSPS) is 14.4. The Morgan fingerprint density at radius 2 is 0.715 bits per heavy atom. The standard InChI is InChI=1S/2C39H42N2O5.C21H18N2O5.3BrH/c2*1-27(12-14-33-29(3)11-7-19-39(33,4)5)9-6-10-28(2)25-34(42)40-32-16-21-41(22-17-32)20-8-23-44-38-36-31(18-24-45-36)26-30-13-15-35(43)46-37(30)38;1-14(24)22-17-5-9-23(10-6-17)8-2-11-26-21-19-16(7-12-27-19)13-15-3-4-18(25)28-20(15)21;;;/h2*6,9-10,12-18,21-22,24-26H,7-8,11,19-20,23H2,1-5H3;3-7,9-10,12-13H,2,8,11H2,1H3;3*1H/b10-6+,14-12+,27-9+,28-25+;10-6-,14-12+,27-9+,28-25-;;;;. The third-order valence-electron chi connectivity index (χ3n) is 21.1. The second-order valence-electron chi connectivity index (χ2n) is 31.7. The maximum Gasteiger partial charge on any atom is 0.336 e. The third kappa shape index (κ3) is 26.5. The number of aryl methyl sites for hydroxylation is 3. The fourth-order valence-corrected chi connectivity index (χ4v) is 14.9. The van der Waals surface area contributed by atoms with Crippen LogP contribution in [0.4, 0.5) is 17.1 Å². The van der Waals surface area contributed by atoms with Gasteiger partial charge in [-0.05, 0) is 168 Å². The number of nitrogens with zero attached hydrogens (tertiary/aromatic N) is 3. The number of benzene rings is 3. The second-order valence-corrected chi connectivity index (χ2v) is 31.7. The molecule has 24 heteroatoms. The molecule has 0 atom stereocenters. The number of nitrogens with one attached hydrogen (secondary N) is 3. The molecule has 9 aromatic heterocycles. The molecule has 0 spiro atoms. The number of hydrogen-bond acceptors (Lipinski definition) is 15. The quantitative estimate of drug-likeness (QED) is 0.0135. The molecule has 3 N–H and O–H groups in total. The lowest BCUT2D eigenvalue weighted by atomic mass is 9.72. The van der Waals surface area contributed by atoms with Gasteiger partial charge in [0.2, 0.25) is 35.0 Å². The number of allylic oxidation sites excluding steroid dienone is 18. The Morgan fingerprint density at radius 3 is 1.02 bits per heavy atom. The summed E-state index contributed by atoms with van der Waals surface area (Å²) in [5.41, 5.74) is 14.1. The van der Waals surface area contributed by atoms with Crippen molar-refractivity contribution in [2.75, 3.05) is 35.8 Å². The predicted octanol–water partition coefficient (Wildman–Crippen LogP) is 11.8. The average molecular weight is 1860 g/mol. The summed E-state index contributed by atoms with van der Waals surface area (Å²) in [5.74, 6) is 0.860. The van der Waals surface area contributed by atoms with Crippen LogP contribution < -0.4 is 112 Å². The summed E-state index contributed by atoms with van der Waals surface area (Å²) in [5, 5.41) is 13.6. The number of rotatable bonds is 28. The Labute approximate surface area is 746 Å². The molecule has 0 unspecified atom stereocenters. The van der Waals surface area contributed by atoms with E-state index in [1.165, 1.54) is 85.9 Å². The van der Waals surface area contributed by atoms with Gasteiger partial charge in [-0.3, -0.25) is 14.4 Å². The molecule has 0 fully saturated rings. The number of pyridine rings is 3. The first-order chi connectivity index (χ1) is 57.8. The molecule has 0 aliphatic heterocycles. The fraction of sp³-hybridized carbons (Fsp3) is 0.283. The van der Waals surface area contributed by atoms with Crippen LogP contribution in [0.1, 0.15) is 134 Å². The highest BCUT2D eigenvalue weighted by Gasteiger charge is 2.28. The number of aromatic nitrogens is 3. The van der Waals surface area contributed by atoms with Crippen molar-refractivity contribution in [1.82, 2.24) is 0 Å². The Bertz CT molecular complexity index is 5970. The van der Waals surface area contributed by atoms with E-state index in [-0.39, 0.29) is 79.5 Å². The topological polar surface area (TPSA) is 257 Å². The van der Waals surface area contributed by atoms with Crippen LogP contribution in [0.5, 0.6) is 17.2 Å². The number of fused-ring (bicyclic) bond motifs is 6. The van der Waals surface area contributed by atoms with Gasteiger partial charge in [-0.15, -0.1) is 0 Å². The minimum atomic E-state index is -0.439. The summed E-state index contributed by atoms with van der Waals surface area (Å²) in [6.07, 6.45) is 49.8. The highest BCUT2D eigenvalue weighted by Crippen LogP contribution is 2.43. The van der Waals surface area contributed by atoms with Crippen LogP contribution in [-0.4, -0.2) is 37.5 Å². The maximum absolute atomic E-state index is 12.6. The number of carbonyl (C=O) groups is 3. The molecule has 21 nitrogen and oxygen atoms in total. The molecular formula is C99H105Br3N6O15. The molecule has 0 saturated carbocycles. The Hall–Kier alpha value is -12.0. The highest BCUT2D eigenvalue weighted by atomic mass is 79.9. The number of carbonyl (C=O) groups excluding carboxylic acids is 3. The van der Waals surface area contributed by atoms with E-state index >= 15 is 0 Å². The molecule has 0 bridgehead atoms. The van der Waals surface area contributed by atoms with Crippen LogP contribution in [0.3, 0.4) is 0 Å². The number of ether oxygens (including phenoxy) is 3. The Kier molecular flexibility index (Phi) is 34.5. The van der Waals surface area contributed by atoms with E-state index < -0.39 is 16.9 Å².